The number of nitro groups is 1. The van der Waals surface area contributed by atoms with Gasteiger partial charge in [-0.25, -0.2) is 15.0 Å². The number of carbonyl (C=O) groups is 1. The van der Waals surface area contributed by atoms with Gasteiger partial charge in [-0.15, -0.1) is 0 Å². The number of nitrogens with one attached hydrogen (secondary N) is 1. The molecular weight excluding hydrogens is 625 g/mol. The van der Waals surface area contributed by atoms with Crippen LogP contribution in [0.2, 0.25) is 36.3 Å². The van der Waals surface area contributed by atoms with Crippen LogP contribution in [-0.4, -0.2) is 85.1 Å². The summed E-state index contributed by atoms with van der Waals surface area (Å²) in [6.07, 6.45) is 0.298. The number of aromatic nitrogens is 4. The summed E-state index contributed by atoms with van der Waals surface area (Å²) < 4.78 is 28.4. The van der Waals surface area contributed by atoms with Gasteiger partial charge in [0.1, 0.15) is 31.2 Å². The van der Waals surface area contributed by atoms with Gasteiger partial charge in [-0.3, -0.25) is 19.5 Å². The molecule has 0 bridgehead atoms. The van der Waals surface area contributed by atoms with Crippen molar-refractivity contribution >= 4 is 39.5 Å². The molecule has 13 nitrogen and oxygen atoms in total. The maximum atomic E-state index is 13.0. The van der Waals surface area contributed by atoms with E-state index >= 15 is 0 Å². The Hall–Kier alpha value is -3.09. The van der Waals surface area contributed by atoms with Gasteiger partial charge in [-0.05, 0) is 48.4 Å². The summed E-state index contributed by atoms with van der Waals surface area (Å²) in [4.78, 5) is 37.2. The minimum absolute atomic E-state index is 0.0396. The van der Waals surface area contributed by atoms with Crippen LogP contribution in [0.3, 0.4) is 0 Å². The summed E-state index contributed by atoms with van der Waals surface area (Å²) in [5, 5.41) is 13.9. The Balaban J connectivity index is 1.74. The quantitative estimate of drug-likeness (QED) is 0.137. The predicted molar refractivity (Wildman–Crippen MR) is 180 cm³/mol. The summed E-state index contributed by atoms with van der Waals surface area (Å²) in [7, 11) is -4.62. The average molecular weight is 673 g/mol. The van der Waals surface area contributed by atoms with Gasteiger partial charge in [0.2, 0.25) is 6.54 Å². The van der Waals surface area contributed by atoms with Crippen LogP contribution in [0.1, 0.15) is 58.1 Å². The van der Waals surface area contributed by atoms with Crippen molar-refractivity contribution < 1.29 is 28.0 Å². The van der Waals surface area contributed by atoms with E-state index in [1.807, 2.05) is 6.07 Å². The van der Waals surface area contributed by atoms with E-state index in [9.17, 15) is 14.9 Å². The molecule has 1 aliphatic rings. The molecule has 4 rings (SSSR count). The molecule has 0 spiro atoms. The van der Waals surface area contributed by atoms with E-state index in [2.05, 4.69) is 88.0 Å². The van der Waals surface area contributed by atoms with Crippen LogP contribution in [-0.2, 0) is 18.3 Å². The predicted octanol–water partition coefficient (Wildman–Crippen LogP) is 6.05. The van der Waals surface area contributed by atoms with Crippen LogP contribution in [0.5, 0.6) is 0 Å². The van der Waals surface area contributed by atoms with Crippen molar-refractivity contribution in [2.75, 3.05) is 25.1 Å². The number of ether oxygens (including phenoxy) is 2. The number of amides is 1. The second-order valence-electron chi connectivity index (χ2n) is 14.7. The molecule has 0 unspecified atom stereocenters. The van der Waals surface area contributed by atoms with Crippen LogP contribution >= 0.6 is 0 Å². The SMILES string of the molecule is CC(C)(C)[Si](C)(C)OC[C@H]1O[C@@H](n2cnc3c(NC(=O)c4ccccc4)ncnc32)[C@H](O[Si](C)(C)C(C)(C)C)[C@@H]1OCC[N+](=O)[O-]. The second-order valence-corrected chi connectivity index (χ2v) is 24.3. The molecule has 4 atom stereocenters. The molecular formula is C31H48N6O7Si2. The number of hydrogen-bond acceptors (Lipinski definition) is 10. The third-order valence-corrected chi connectivity index (χ3v) is 18.4. The van der Waals surface area contributed by atoms with E-state index in [4.69, 9.17) is 18.3 Å². The van der Waals surface area contributed by atoms with E-state index in [-0.39, 0.29) is 41.6 Å². The summed E-state index contributed by atoms with van der Waals surface area (Å²) in [5.74, 6) is -0.0671. The summed E-state index contributed by atoms with van der Waals surface area (Å²) in [6.45, 7) is 21.3. The molecule has 2 aromatic heterocycles. The molecule has 1 amide bonds. The number of fused-ring (bicyclic) bond motifs is 1. The molecule has 0 radical (unpaired) electrons. The summed E-state index contributed by atoms with van der Waals surface area (Å²) in [5.41, 5.74) is 1.30. The van der Waals surface area contributed by atoms with Crippen LogP contribution in [0.15, 0.2) is 43.0 Å². The van der Waals surface area contributed by atoms with Crippen molar-refractivity contribution in [3.05, 3.63) is 58.7 Å². The third-order valence-electron chi connectivity index (χ3n) is 9.42. The Kier molecular flexibility index (Phi) is 10.5. The average Bonchev–Trinajstić information content (AvgIpc) is 3.52. The molecule has 1 saturated heterocycles. The number of hydrogen-bond donors (Lipinski definition) is 1. The van der Waals surface area contributed by atoms with Gasteiger partial charge in [0.05, 0.1) is 12.9 Å². The van der Waals surface area contributed by atoms with Gasteiger partial charge in [0, 0.05) is 10.5 Å². The largest absolute Gasteiger partial charge is 0.414 e. The van der Waals surface area contributed by atoms with Crippen molar-refractivity contribution in [3.8, 4) is 0 Å². The number of anilines is 1. The molecule has 1 aliphatic heterocycles. The first-order chi connectivity index (χ1) is 21.3. The van der Waals surface area contributed by atoms with E-state index in [0.29, 0.717) is 16.7 Å². The highest BCUT2D eigenvalue weighted by molar-refractivity contribution is 6.74. The zero-order valence-corrected chi connectivity index (χ0v) is 30.6. The monoisotopic (exact) mass is 672 g/mol. The lowest BCUT2D eigenvalue weighted by atomic mass is 10.1. The molecule has 1 aromatic carbocycles. The van der Waals surface area contributed by atoms with Crippen molar-refractivity contribution in [3.63, 3.8) is 0 Å². The lowest BCUT2D eigenvalue weighted by Crippen LogP contribution is -2.50. The molecule has 3 aromatic rings. The van der Waals surface area contributed by atoms with Crippen molar-refractivity contribution in [2.45, 2.75) is 102 Å². The van der Waals surface area contributed by atoms with E-state index in [0.717, 1.165) is 0 Å². The zero-order chi connectivity index (χ0) is 34.1. The first kappa shape index (κ1) is 35.8. The van der Waals surface area contributed by atoms with E-state index < -0.39 is 46.1 Å². The first-order valence-corrected chi connectivity index (χ1v) is 21.4. The van der Waals surface area contributed by atoms with Crippen LogP contribution in [0, 0.1) is 10.1 Å². The Morgan fingerprint density at radius 2 is 1.65 bits per heavy atom. The lowest BCUT2D eigenvalue weighted by Gasteiger charge is -2.40. The maximum Gasteiger partial charge on any atom is 0.256 e. The Morgan fingerprint density at radius 1 is 1.00 bits per heavy atom. The Bertz CT molecular complexity index is 1520. The van der Waals surface area contributed by atoms with Gasteiger partial charge >= 0.3 is 0 Å². The van der Waals surface area contributed by atoms with Gasteiger partial charge in [-0.1, -0.05) is 59.7 Å². The number of rotatable bonds is 12. The lowest BCUT2D eigenvalue weighted by molar-refractivity contribution is -0.484. The van der Waals surface area contributed by atoms with Gasteiger partial charge < -0.3 is 23.6 Å². The minimum Gasteiger partial charge on any atom is -0.414 e. The summed E-state index contributed by atoms with van der Waals surface area (Å²) >= 11 is 0. The highest BCUT2D eigenvalue weighted by Crippen LogP contribution is 2.44. The molecule has 1 N–H and O–H groups in total. The number of imidazole rings is 1. The highest BCUT2D eigenvalue weighted by atomic mass is 28.4. The fraction of sp³-hybridized carbons (Fsp3) is 0.613. The maximum absolute atomic E-state index is 13.0. The smallest absolute Gasteiger partial charge is 0.256 e. The highest BCUT2D eigenvalue weighted by Gasteiger charge is 2.53. The van der Waals surface area contributed by atoms with Crippen LogP contribution in [0.25, 0.3) is 11.2 Å². The second kappa shape index (κ2) is 13.6. The zero-order valence-electron chi connectivity index (χ0n) is 28.6. The number of carbonyl (C=O) groups excluding carboxylic acids is 1. The number of nitrogens with zero attached hydrogens (tertiary/aromatic N) is 5. The topological polar surface area (TPSA) is 153 Å². The fourth-order valence-corrected chi connectivity index (χ4v) is 6.88. The molecule has 3 heterocycles. The molecule has 252 valence electrons. The van der Waals surface area contributed by atoms with Crippen molar-refractivity contribution in [1.82, 2.24) is 19.5 Å². The van der Waals surface area contributed by atoms with Gasteiger partial charge in [-0.2, -0.15) is 0 Å². The first-order valence-electron chi connectivity index (χ1n) is 15.6. The van der Waals surface area contributed by atoms with Crippen LogP contribution in [0.4, 0.5) is 5.82 Å². The third kappa shape index (κ3) is 7.89. The van der Waals surface area contributed by atoms with Crippen molar-refractivity contribution in [2.24, 2.45) is 0 Å². The molecule has 1 fully saturated rings. The van der Waals surface area contributed by atoms with Gasteiger partial charge in [0.15, 0.2) is 39.8 Å². The van der Waals surface area contributed by atoms with E-state index in [1.165, 1.54) is 6.33 Å². The van der Waals surface area contributed by atoms with E-state index in [1.54, 1.807) is 35.2 Å². The standard InChI is InChI=1S/C31H48N6O7Si2/c1-30(2,3)45(7,8)42-18-22-24(41-17-16-37(39)40)25(44-46(9,10)31(4,5)6)29(43-22)36-20-34-23-26(32-19-33-27(23)36)35-28(38)21-14-12-11-13-15-21/h11-15,19-20,22,24-25,29H,16-18H2,1-10H3,(H,32,33,35,38)/t22-,24-,25-,29-/m1/s1. The molecule has 15 heteroatoms. The molecule has 0 saturated carbocycles. The Morgan fingerprint density at radius 3 is 2.26 bits per heavy atom. The Labute approximate surface area is 272 Å². The van der Waals surface area contributed by atoms with Crippen molar-refractivity contribution in [1.29, 1.82) is 0 Å². The minimum atomic E-state index is -2.43. The fourth-order valence-electron chi connectivity index (χ4n) is 4.58. The normalized spacial score (nSPS) is 21.1. The number of benzene rings is 1. The summed E-state index contributed by atoms with van der Waals surface area (Å²) in [6, 6.07) is 8.84. The van der Waals surface area contributed by atoms with Crippen LogP contribution < -0.4 is 5.32 Å². The molecule has 46 heavy (non-hydrogen) atoms. The van der Waals surface area contributed by atoms with Gasteiger partial charge in [0.25, 0.3) is 5.91 Å². The molecule has 0 aliphatic carbocycles.